The van der Waals surface area contributed by atoms with Crippen LogP contribution in [0.3, 0.4) is 0 Å². The maximum Gasteiger partial charge on any atom is 0.358 e. The Hall–Kier alpha value is -2.43. The van der Waals surface area contributed by atoms with Crippen molar-refractivity contribution in [2.45, 2.75) is 13.8 Å². The molecule has 0 bridgehead atoms. The van der Waals surface area contributed by atoms with Gasteiger partial charge in [-0.2, -0.15) is 0 Å². The van der Waals surface area contributed by atoms with Gasteiger partial charge in [0.25, 0.3) is 0 Å². The number of ether oxygens (including phenoxy) is 1. The van der Waals surface area contributed by atoms with Crippen LogP contribution in [0.25, 0.3) is 0 Å². The third kappa shape index (κ3) is 2.77. The highest BCUT2D eigenvalue weighted by Gasteiger charge is 2.11. The molecular formula is C15H17N3O2. The lowest BCUT2D eigenvalue weighted by Gasteiger charge is -2.20. The van der Waals surface area contributed by atoms with E-state index >= 15 is 0 Å². The molecule has 20 heavy (non-hydrogen) atoms. The molecule has 5 heteroatoms. The van der Waals surface area contributed by atoms with Gasteiger partial charge in [-0.25, -0.2) is 14.8 Å². The first kappa shape index (κ1) is 14.0. The van der Waals surface area contributed by atoms with E-state index in [-0.39, 0.29) is 5.69 Å². The smallest absolute Gasteiger partial charge is 0.358 e. The standard InChI is InChI=1S/C15H17N3O2/c1-10-5-6-13(11(2)7-10)18(3)14-9-16-12(8-17-14)15(19)20-4/h5-9H,1-4H3. The Morgan fingerprint density at radius 1 is 1.20 bits per heavy atom. The predicted octanol–water partition coefficient (Wildman–Crippen LogP) is 2.65. The molecule has 0 spiro atoms. The summed E-state index contributed by atoms with van der Waals surface area (Å²) in [5, 5.41) is 0. The number of carbonyl (C=O) groups is 1. The van der Waals surface area contributed by atoms with Crippen molar-refractivity contribution in [3.63, 3.8) is 0 Å². The Morgan fingerprint density at radius 2 is 1.95 bits per heavy atom. The highest BCUT2D eigenvalue weighted by molar-refractivity contribution is 5.86. The number of methoxy groups -OCH3 is 1. The quantitative estimate of drug-likeness (QED) is 0.803. The van der Waals surface area contributed by atoms with E-state index in [1.54, 1.807) is 6.20 Å². The van der Waals surface area contributed by atoms with Crippen LogP contribution in [0, 0.1) is 13.8 Å². The molecule has 0 aliphatic heterocycles. The van der Waals surface area contributed by atoms with Crippen molar-refractivity contribution in [3.05, 3.63) is 47.4 Å². The lowest BCUT2D eigenvalue weighted by Crippen LogP contribution is -2.14. The van der Waals surface area contributed by atoms with Crippen molar-refractivity contribution in [2.24, 2.45) is 0 Å². The summed E-state index contributed by atoms with van der Waals surface area (Å²) in [5.41, 5.74) is 3.62. The van der Waals surface area contributed by atoms with Crippen LogP contribution in [0.2, 0.25) is 0 Å². The van der Waals surface area contributed by atoms with Crippen LogP contribution in [-0.4, -0.2) is 30.1 Å². The number of aromatic nitrogens is 2. The predicted molar refractivity (Wildman–Crippen MR) is 77.4 cm³/mol. The molecule has 1 aromatic carbocycles. The van der Waals surface area contributed by atoms with E-state index in [0.717, 1.165) is 11.3 Å². The first-order valence-electron chi connectivity index (χ1n) is 6.24. The molecule has 0 N–H and O–H groups in total. The van der Waals surface area contributed by atoms with Gasteiger partial charge < -0.3 is 9.64 Å². The molecule has 0 aliphatic carbocycles. The van der Waals surface area contributed by atoms with E-state index in [2.05, 4.69) is 40.7 Å². The highest BCUT2D eigenvalue weighted by atomic mass is 16.5. The minimum atomic E-state index is -0.488. The number of hydrogen-bond donors (Lipinski definition) is 0. The van der Waals surface area contributed by atoms with E-state index in [1.807, 2.05) is 18.0 Å². The van der Waals surface area contributed by atoms with Crippen molar-refractivity contribution in [2.75, 3.05) is 19.1 Å². The van der Waals surface area contributed by atoms with Gasteiger partial charge in [-0.3, -0.25) is 0 Å². The second kappa shape index (κ2) is 5.69. The summed E-state index contributed by atoms with van der Waals surface area (Å²) in [5.74, 6) is 0.183. The van der Waals surface area contributed by atoms with E-state index in [9.17, 15) is 4.79 Å². The van der Waals surface area contributed by atoms with Crippen molar-refractivity contribution in [3.8, 4) is 0 Å². The van der Waals surface area contributed by atoms with Crippen LogP contribution in [0.15, 0.2) is 30.6 Å². The second-order valence-corrected chi connectivity index (χ2v) is 4.60. The normalized spacial score (nSPS) is 10.2. The Balaban J connectivity index is 2.29. The molecular weight excluding hydrogens is 254 g/mol. The number of rotatable bonds is 3. The van der Waals surface area contributed by atoms with Gasteiger partial charge in [0.2, 0.25) is 0 Å². The molecule has 0 amide bonds. The van der Waals surface area contributed by atoms with Crippen molar-refractivity contribution >= 4 is 17.5 Å². The maximum atomic E-state index is 11.3. The molecule has 1 heterocycles. The molecule has 0 radical (unpaired) electrons. The summed E-state index contributed by atoms with van der Waals surface area (Å²) in [4.78, 5) is 21.6. The summed E-state index contributed by atoms with van der Waals surface area (Å²) < 4.78 is 4.60. The molecule has 0 saturated heterocycles. The van der Waals surface area contributed by atoms with Gasteiger partial charge in [0.1, 0.15) is 0 Å². The van der Waals surface area contributed by atoms with Crippen molar-refractivity contribution in [1.82, 2.24) is 9.97 Å². The topological polar surface area (TPSA) is 55.3 Å². The van der Waals surface area contributed by atoms with Crippen LogP contribution in [0.5, 0.6) is 0 Å². The van der Waals surface area contributed by atoms with Gasteiger partial charge in [-0.15, -0.1) is 0 Å². The fourth-order valence-electron chi connectivity index (χ4n) is 2.01. The number of nitrogens with zero attached hydrogens (tertiary/aromatic N) is 3. The molecule has 0 atom stereocenters. The van der Waals surface area contributed by atoms with E-state index in [4.69, 9.17) is 0 Å². The summed E-state index contributed by atoms with van der Waals surface area (Å²) >= 11 is 0. The Morgan fingerprint density at radius 3 is 2.50 bits per heavy atom. The van der Waals surface area contributed by atoms with Crippen LogP contribution in [0.4, 0.5) is 11.5 Å². The number of esters is 1. The average molecular weight is 271 g/mol. The van der Waals surface area contributed by atoms with Gasteiger partial charge >= 0.3 is 5.97 Å². The molecule has 1 aromatic heterocycles. The number of carbonyl (C=O) groups excluding carboxylic acids is 1. The maximum absolute atomic E-state index is 11.3. The number of anilines is 2. The van der Waals surface area contributed by atoms with E-state index in [1.165, 1.54) is 18.9 Å². The summed E-state index contributed by atoms with van der Waals surface area (Å²) in [6.07, 6.45) is 2.98. The molecule has 0 fully saturated rings. The van der Waals surface area contributed by atoms with E-state index < -0.39 is 5.97 Å². The SMILES string of the molecule is COC(=O)c1cnc(N(C)c2ccc(C)cc2C)cn1. The second-order valence-electron chi connectivity index (χ2n) is 4.60. The van der Waals surface area contributed by atoms with Gasteiger partial charge in [0.15, 0.2) is 11.5 Å². The van der Waals surface area contributed by atoms with Crippen LogP contribution >= 0.6 is 0 Å². The summed E-state index contributed by atoms with van der Waals surface area (Å²) in [6, 6.07) is 6.21. The zero-order chi connectivity index (χ0) is 14.7. The van der Waals surface area contributed by atoms with Crippen LogP contribution in [-0.2, 0) is 4.74 Å². The van der Waals surface area contributed by atoms with Gasteiger partial charge in [-0.1, -0.05) is 17.7 Å². The molecule has 2 rings (SSSR count). The zero-order valence-corrected chi connectivity index (χ0v) is 12.0. The lowest BCUT2D eigenvalue weighted by molar-refractivity contribution is 0.0593. The van der Waals surface area contributed by atoms with Gasteiger partial charge in [0, 0.05) is 12.7 Å². The third-order valence-corrected chi connectivity index (χ3v) is 3.09. The molecule has 0 unspecified atom stereocenters. The Kier molecular flexibility index (Phi) is 3.98. The largest absolute Gasteiger partial charge is 0.464 e. The van der Waals surface area contributed by atoms with Crippen molar-refractivity contribution in [1.29, 1.82) is 0 Å². The Bertz CT molecular complexity index is 624. The highest BCUT2D eigenvalue weighted by Crippen LogP contribution is 2.25. The lowest BCUT2D eigenvalue weighted by atomic mass is 10.1. The summed E-state index contributed by atoms with van der Waals surface area (Å²) in [6.45, 7) is 4.11. The number of aryl methyl sites for hydroxylation is 2. The monoisotopic (exact) mass is 271 g/mol. The molecule has 104 valence electrons. The minimum Gasteiger partial charge on any atom is -0.464 e. The van der Waals surface area contributed by atoms with Gasteiger partial charge in [0.05, 0.1) is 19.5 Å². The fraction of sp³-hybridized carbons (Fsp3) is 0.267. The van der Waals surface area contributed by atoms with Crippen molar-refractivity contribution < 1.29 is 9.53 Å². The average Bonchev–Trinajstić information content (AvgIpc) is 2.46. The molecule has 0 aliphatic rings. The first-order valence-corrected chi connectivity index (χ1v) is 6.24. The number of hydrogen-bond acceptors (Lipinski definition) is 5. The molecule has 0 saturated carbocycles. The number of benzene rings is 1. The minimum absolute atomic E-state index is 0.199. The van der Waals surface area contributed by atoms with Gasteiger partial charge in [-0.05, 0) is 25.5 Å². The van der Waals surface area contributed by atoms with Crippen LogP contribution < -0.4 is 4.90 Å². The first-order chi connectivity index (χ1) is 9.52. The zero-order valence-electron chi connectivity index (χ0n) is 12.0. The third-order valence-electron chi connectivity index (χ3n) is 3.09. The van der Waals surface area contributed by atoms with Crippen LogP contribution in [0.1, 0.15) is 21.6 Å². The fourth-order valence-corrected chi connectivity index (χ4v) is 2.01. The molecule has 5 nitrogen and oxygen atoms in total. The molecule has 2 aromatic rings. The Labute approximate surface area is 118 Å². The van der Waals surface area contributed by atoms with E-state index in [0.29, 0.717) is 5.82 Å². The summed E-state index contributed by atoms with van der Waals surface area (Å²) in [7, 11) is 3.24.